The number of carbonyl (C=O) groups is 1. The molecular weight excluding hydrogens is 271 g/mol. The van der Waals surface area contributed by atoms with E-state index in [2.05, 4.69) is 10.6 Å². The summed E-state index contributed by atoms with van der Waals surface area (Å²) >= 11 is 0. The summed E-state index contributed by atoms with van der Waals surface area (Å²) in [7, 11) is 0. The van der Waals surface area contributed by atoms with Crippen LogP contribution in [-0.4, -0.2) is 6.03 Å². The molecule has 2 aromatic carbocycles. The van der Waals surface area contributed by atoms with E-state index in [1.165, 1.54) is 12.1 Å². The molecule has 0 atom stereocenters. The average Bonchev–Trinajstić information content (AvgIpc) is 2.50. The van der Waals surface area contributed by atoms with Crippen LogP contribution in [0.4, 0.5) is 20.6 Å². The van der Waals surface area contributed by atoms with Crippen molar-refractivity contribution in [2.24, 2.45) is 0 Å². The Labute approximate surface area is 120 Å². The summed E-state index contributed by atoms with van der Waals surface area (Å²) in [6.07, 6.45) is 0. The molecule has 0 aliphatic heterocycles. The third-order valence-corrected chi connectivity index (χ3v) is 2.62. The summed E-state index contributed by atoms with van der Waals surface area (Å²) in [6, 6.07) is 13.2. The molecule has 0 spiro atoms. The van der Waals surface area contributed by atoms with Gasteiger partial charge in [0.15, 0.2) is 0 Å². The van der Waals surface area contributed by atoms with E-state index in [9.17, 15) is 9.18 Å². The zero-order chi connectivity index (χ0) is 15.2. The highest BCUT2D eigenvalue weighted by Crippen LogP contribution is 2.15. The number of nitrogens with one attached hydrogen (secondary N) is 2. The smallest absolute Gasteiger partial charge is 0.308 e. The normalized spacial score (nSPS) is 9.29. The van der Waals surface area contributed by atoms with E-state index in [4.69, 9.17) is 10.5 Å². The maximum atomic E-state index is 13.1. The number of nitrogens with zero attached hydrogens (tertiary/aromatic N) is 2. The lowest BCUT2D eigenvalue weighted by atomic mass is 10.2. The molecule has 2 N–H and O–H groups in total. The molecule has 0 saturated heterocycles. The van der Waals surface area contributed by atoms with Gasteiger partial charge in [0.25, 0.3) is 0 Å². The van der Waals surface area contributed by atoms with Gasteiger partial charge in [0.1, 0.15) is 11.9 Å². The third-order valence-electron chi connectivity index (χ3n) is 2.62. The quantitative estimate of drug-likeness (QED) is 0.885. The largest absolute Gasteiger partial charge is 0.323 e. The zero-order valence-corrected chi connectivity index (χ0v) is 10.7. The van der Waals surface area contributed by atoms with Gasteiger partial charge in [0, 0.05) is 11.4 Å². The Kier molecular flexibility index (Phi) is 4.13. The van der Waals surface area contributed by atoms with Crippen LogP contribution in [0.3, 0.4) is 0 Å². The van der Waals surface area contributed by atoms with Gasteiger partial charge in [0.2, 0.25) is 0 Å². The Balaban J connectivity index is 2.05. The molecule has 2 aromatic rings. The number of hydrogen-bond acceptors (Lipinski definition) is 3. The fraction of sp³-hybridized carbons (Fsp3) is 0. The lowest BCUT2D eigenvalue weighted by Gasteiger charge is -2.08. The van der Waals surface area contributed by atoms with Crippen molar-refractivity contribution in [2.75, 3.05) is 10.6 Å². The molecule has 0 aliphatic carbocycles. The van der Waals surface area contributed by atoms with Crippen LogP contribution in [0.2, 0.25) is 0 Å². The molecule has 102 valence electrons. The van der Waals surface area contributed by atoms with E-state index < -0.39 is 11.8 Å². The van der Waals surface area contributed by atoms with Gasteiger partial charge in [-0.15, -0.1) is 0 Å². The SMILES string of the molecule is N#Cc1ccc(NC(=O)Nc2ccc(F)c(C#N)c2)cc1. The standard InChI is InChI=1S/C15H9FN4O/c16-14-6-5-13(7-11(14)9-18)20-15(21)19-12-3-1-10(8-17)2-4-12/h1-7H,(H2,19,20,21). The first-order valence-corrected chi connectivity index (χ1v) is 5.90. The van der Waals surface area contributed by atoms with Gasteiger partial charge >= 0.3 is 6.03 Å². The molecule has 0 unspecified atom stereocenters. The van der Waals surface area contributed by atoms with E-state index in [1.54, 1.807) is 30.3 Å². The van der Waals surface area contributed by atoms with Crippen LogP contribution in [0.15, 0.2) is 42.5 Å². The summed E-state index contributed by atoms with van der Waals surface area (Å²) < 4.78 is 13.1. The summed E-state index contributed by atoms with van der Waals surface area (Å²) in [5.41, 5.74) is 1.15. The van der Waals surface area contributed by atoms with Crippen LogP contribution in [-0.2, 0) is 0 Å². The fourth-order valence-corrected chi connectivity index (χ4v) is 1.61. The molecule has 6 heteroatoms. The van der Waals surface area contributed by atoms with Crippen molar-refractivity contribution < 1.29 is 9.18 Å². The molecule has 0 fully saturated rings. The highest BCUT2D eigenvalue weighted by atomic mass is 19.1. The molecule has 5 nitrogen and oxygen atoms in total. The monoisotopic (exact) mass is 280 g/mol. The van der Waals surface area contributed by atoms with Gasteiger partial charge < -0.3 is 10.6 Å². The van der Waals surface area contributed by atoms with Crippen molar-refractivity contribution in [3.05, 3.63) is 59.4 Å². The van der Waals surface area contributed by atoms with Gasteiger partial charge in [-0.25, -0.2) is 9.18 Å². The molecule has 0 radical (unpaired) electrons. The van der Waals surface area contributed by atoms with Gasteiger partial charge in [-0.2, -0.15) is 10.5 Å². The maximum absolute atomic E-state index is 13.1. The van der Waals surface area contributed by atoms with Gasteiger partial charge in [-0.1, -0.05) is 0 Å². The van der Waals surface area contributed by atoms with Crippen molar-refractivity contribution in [3.8, 4) is 12.1 Å². The van der Waals surface area contributed by atoms with E-state index in [-0.39, 0.29) is 5.56 Å². The summed E-state index contributed by atoms with van der Waals surface area (Å²) in [5.74, 6) is -0.643. The van der Waals surface area contributed by atoms with Gasteiger partial charge in [0.05, 0.1) is 17.2 Å². The minimum absolute atomic E-state index is 0.147. The van der Waals surface area contributed by atoms with Crippen molar-refractivity contribution in [2.45, 2.75) is 0 Å². The highest BCUT2D eigenvalue weighted by molar-refractivity contribution is 5.99. The first-order chi connectivity index (χ1) is 10.1. The molecule has 0 heterocycles. The lowest BCUT2D eigenvalue weighted by Crippen LogP contribution is -2.19. The number of nitriles is 2. The predicted molar refractivity (Wildman–Crippen MR) is 74.9 cm³/mol. The second-order valence-corrected chi connectivity index (χ2v) is 4.07. The minimum atomic E-state index is -0.643. The van der Waals surface area contributed by atoms with Crippen LogP contribution in [0.1, 0.15) is 11.1 Å². The maximum Gasteiger partial charge on any atom is 0.323 e. The Bertz CT molecular complexity index is 757. The number of hydrogen-bond donors (Lipinski definition) is 2. The summed E-state index contributed by atoms with van der Waals surface area (Å²) in [6.45, 7) is 0. The summed E-state index contributed by atoms with van der Waals surface area (Å²) in [5, 5.41) is 22.4. The number of amides is 2. The van der Waals surface area contributed by atoms with Crippen LogP contribution in [0.5, 0.6) is 0 Å². The van der Waals surface area contributed by atoms with Crippen molar-refractivity contribution >= 4 is 17.4 Å². The fourth-order valence-electron chi connectivity index (χ4n) is 1.61. The Hall–Kier alpha value is -3.38. The third kappa shape index (κ3) is 3.55. The number of halogens is 1. The molecule has 0 bridgehead atoms. The van der Waals surface area contributed by atoms with Crippen LogP contribution < -0.4 is 10.6 Å². The Morgan fingerprint density at radius 1 is 0.952 bits per heavy atom. The molecule has 0 aliphatic rings. The molecule has 0 saturated carbocycles. The number of rotatable bonds is 2. The van der Waals surface area contributed by atoms with Crippen molar-refractivity contribution in [3.63, 3.8) is 0 Å². The second-order valence-electron chi connectivity index (χ2n) is 4.07. The second kappa shape index (κ2) is 6.18. The number of anilines is 2. The minimum Gasteiger partial charge on any atom is -0.308 e. The molecule has 21 heavy (non-hydrogen) atoms. The summed E-state index contributed by atoms with van der Waals surface area (Å²) in [4.78, 5) is 11.8. The van der Waals surface area contributed by atoms with Crippen LogP contribution in [0.25, 0.3) is 0 Å². The van der Waals surface area contributed by atoms with Crippen molar-refractivity contribution in [1.82, 2.24) is 0 Å². The van der Waals surface area contributed by atoms with Crippen molar-refractivity contribution in [1.29, 1.82) is 10.5 Å². The average molecular weight is 280 g/mol. The Morgan fingerprint density at radius 2 is 1.57 bits per heavy atom. The Morgan fingerprint density at radius 3 is 2.19 bits per heavy atom. The first-order valence-electron chi connectivity index (χ1n) is 5.90. The van der Waals surface area contributed by atoms with Gasteiger partial charge in [-0.3, -0.25) is 0 Å². The molecule has 2 amide bonds. The van der Waals surface area contributed by atoms with E-state index in [0.29, 0.717) is 16.9 Å². The van der Waals surface area contributed by atoms with E-state index in [0.717, 1.165) is 6.07 Å². The number of urea groups is 1. The van der Waals surface area contributed by atoms with Gasteiger partial charge in [-0.05, 0) is 42.5 Å². The van der Waals surface area contributed by atoms with Crippen LogP contribution >= 0.6 is 0 Å². The zero-order valence-electron chi connectivity index (χ0n) is 10.7. The number of carbonyl (C=O) groups excluding carboxylic acids is 1. The molecular formula is C15H9FN4O. The lowest BCUT2D eigenvalue weighted by molar-refractivity contribution is 0.262. The number of benzene rings is 2. The molecule has 0 aromatic heterocycles. The predicted octanol–water partition coefficient (Wildman–Crippen LogP) is 3.21. The first kappa shape index (κ1) is 14.0. The molecule has 2 rings (SSSR count). The van der Waals surface area contributed by atoms with Crippen LogP contribution in [0, 0.1) is 28.5 Å². The van der Waals surface area contributed by atoms with E-state index in [1.807, 2.05) is 6.07 Å². The highest BCUT2D eigenvalue weighted by Gasteiger charge is 2.06. The van der Waals surface area contributed by atoms with E-state index >= 15 is 0 Å². The topological polar surface area (TPSA) is 88.7 Å².